The normalized spacial score (nSPS) is 11.1. The van der Waals surface area contributed by atoms with Gasteiger partial charge < -0.3 is 15.4 Å². The fraction of sp³-hybridized carbons (Fsp3) is 0.714. The minimum atomic E-state index is 0.110. The number of nitrogens with two attached hydrogens (primary N) is 1. The lowest BCUT2D eigenvalue weighted by atomic mass is 10.1. The summed E-state index contributed by atoms with van der Waals surface area (Å²) in [6, 6.07) is 2.35. The van der Waals surface area contributed by atoms with Gasteiger partial charge in [-0.3, -0.25) is 0 Å². The van der Waals surface area contributed by atoms with Crippen LogP contribution in [0.15, 0.2) is 12.4 Å². The van der Waals surface area contributed by atoms with E-state index in [4.69, 9.17) is 10.5 Å². The Morgan fingerprint density at radius 1 is 1.26 bits per heavy atom. The first-order chi connectivity index (χ1) is 9.12. The smallest absolute Gasteiger partial charge is 0.218 e. The van der Waals surface area contributed by atoms with Crippen molar-refractivity contribution in [1.29, 1.82) is 0 Å². The third kappa shape index (κ3) is 4.67. The molecule has 1 aromatic rings. The monoisotopic (exact) mass is 266 g/mol. The highest BCUT2D eigenvalue weighted by molar-refractivity contribution is 5.42. The summed E-state index contributed by atoms with van der Waals surface area (Å²) in [5.41, 5.74) is 5.72. The Morgan fingerprint density at radius 3 is 2.47 bits per heavy atom. The maximum atomic E-state index is 5.72. The van der Waals surface area contributed by atoms with Crippen LogP contribution in [0.25, 0.3) is 0 Å². The molecule has 5 heteroatoms. The molecule has 0 radical (unpaired) electrons. The van der Waals surface area contributed by atoms with Crippen molar-refractivity contribution in [3.05, 3.63) is 12.4 Å². The summed E-state index contributed by atoms with van der Waals surface area (Å²) >= 11 is 0. The standard InChI is InChI=1S/C14H26N4O/c1-5-12(6-2)18(8-7-15)13-9-14(17-10-16-13)19-11(3)4/h9-12H,5-8,15H2,1-4H3. The fourth-order valence-electron chi connectivity index (χ4n) is 2.15. The molecule has 0 fully saturated rings. The Kier molecular flexibility index (Phi) is 6.56. The Morgan fingerprint density at radius 2 is 1.95 bits per heavy atom. The minimum Gasteiger partial charge on any atom is -0.475 e. The van der Waals surface area contributed by atoms with Crippen LogP contribution in [-0.2, 0) is 0 Å². The lowest BCUT2D eigenvalue weighted by molar-refractivity contribution is 0.232. The zero-order valence-corrected chi connectivity index (χ0v) is 12.5. The number of aromatic nitrogens is 2. The van der Waals surface area contributed by atoms with Crippen LogP contribution in [0.3, 0.4) is 0 Å². The van der Waals surface area contributed by atoms with E-state index in [2.05, 4.69) is 28.7 Å². The Hall–Kier alpha value is -1.36. The SMILES string of the molecule is CCC(CC)N(CCN)c1cc(OC(C)C)ncn1. The van der Waals surface area contributed by atoms with E-state index in [-0.39, 0.29) is 6.10 Å². The highest BCUT2D eigenvalue weighted by Crippen LogP contribution is 2.21. The molecular formula is C14H26N4O. The van der Waals surface area contributed by atoms with Gasteiger partial charge in [-0.2, -0.15) is 0 Å². The van der Waals surface area contributed by atoms with E-state index in [1.54, 1.807) is 6.33 Å². The topological polar surface area (TPSA) is 64.3 Å². The van der Waals surface area contributed by atoms with Gasteiger partial charge in [-0.15, -0.1) is 0 Å². The predicted molar refractivity (Wildman–Crippen MR) is 78.6 cm³/mol. The predicted octanol–water partition coefficient (Wildman–Crippen LogP) is 2.22. The summed E-state index contributed by atoms with van der Waals surface area (Å²) in [5, 5.41) is 0. The highest BCUT2D eigenvalue weighted by Gasteiger charge is 2.17. The van der Waals surface area contributed by atoms with Gasteiger partial charge >= 0.3 is 0 Å². The van der Waals surface area contributed by atoms with Crippen LogP contribution in [0.2, 0.25) is 0 Å². The van der Waals surface area contributed by atoms with Crippen LogP contribution in [0.1, 0.15) is 40.5 Å². The quantitative estimate of drug-likeness (QED) is 0.781. The first kappa shape index (κ1) is 15.7. The molecule has 0 aliphatic rings. The molecule has 0 amide bonds. The number of anilines is 1. The van der Waals surface area contributed by atoms with E-state index in [0.29, 0.717) is 18.5 Å². The average Bonchev–Trinajstić information content (AvgIpc) is 2.38. The molecule has 0 unspecified atom stereocenters. The van der Waals surface area contributed by atoms with Gasteiger partial charge in [0.1, 0.15) is 12.1 Å². The number of hydrogen-bond acceptors (Lipinski definition) is 5. The molecule has 0 bridgehead atoms. The van der Waals surface area contributed by atoms with E-state index in [9.17, 15) is 0 Å². The van der Waals surface area contributed by atoms with Crippen LogP contribution < -0.4 is 15.4 Å². The van der Waals surface area contributed by atoms with Crippen LogP contribution >= 0.6 is 0 Å². The minimum absolute atomic E-state index is 0.110. The van der Waals surface area contributed by atoms with Gasteiger partial charge in [0.2, 0.25) is 5.88 Å². The van der Waals surface area contributed by atoms with Crippen molar-refractivity contribution in [2.75, 3.05) is 18.0 Å². The molecule has 0 saturated carbocycles. The Labute approximate surface area is 116 Å². The second-order valence-corrected chi connectivity index (χ2v) is 4.83. The average molecular weight is 266 g/mol. The Balaban J connectivity index is 2.94. The lowest BCUT2D eigenvalue weighted by Crippen LogP contribution is -2.38. The van der Waals surface area contributed by atoms with E-state index in [0.717, 1.165) is 25.2 Å². The van der Waals surface area contributed by atoms with Crippen molar-refractivity contribution in [1.82, 2.24) is 9.97 Å². The zero-order valence-electron chi connectivity index (χ0n) is 12.5. The number of hydrogen-bond donors (Lipinski definition) is 1. The number of nitrogens with zero attached hydrogens (tertiary/aromatic N) is 3. The number of rotatable bonds is 8. The van der Waals surface area contributed by atoms with E-state index in [1.165, 1.54) is 0 Å². The zero-order chi connectivity index (χ0) is 14.3. The molecule has 0 aliphatic carbocycles. The van der Waals surface area contributed by atoms with Gasteiger partial charge in [-0.25, -0.2) is 9.97 Å². The lowest BCUT2D eigenvalue weighted by Gasteiger charge is -2.31. The van der Waals surface area contributed by atoms with Gasteiger partial charge in [-0.1, -0.05) is 13.8 Å². The molecule has 1 aromatic heterocycles. The molecule has 0 atom stereocenters. The van der Waals surface area contributed by atoms with Gasteiger partial charge in [0.15, 0.2) is 0 Å². The van der Waals surface area contributed by atoms with Crippen LogP contribution in [-0.4, -0.2) is 35.2 Å². The van der Waals surface area contributed by atoms with Gasteiger partial charge in [0.05, 0.1) is 6.10 Å². The van der Waals surface area contributed by atoms with E-state index >= 15 is 0 Å². The third-order valence-corrected chi connectivity index (χ3v) is 3.03. The van der Waals surface area contributed by atoms with Gasteiger partial charge in [0, 0.05) is 25.2 Å². The molecule has 108 valence electrons. The molecule has 0 aromatic carbocycles. The summed E-state index contributed by atoms with van der Waals surface area (Å²) in [6.45, 7) is 9.75. The largest absolute Gasteiger partial charge is 0.475 e. The third-order valence-electron chi connectivity index (χ3n) is 3.03. The second kappa shape index (κ2) is 7.94. The maximum Gasteiger partial charge on any atom is 0.218 e. The molecule has 2 N–H and O–H groups in total. The Bertz CT molecular complexity index is 366. The van der Waals surface area contributed by atoms with Crippen molar-refractivity contribution >= 4 is 5.82 Å². The maximum absolute atomic E-state index is 5.72. The second-order valence-electron chi connectivity index (χ2n) is 4.83. The van der Waals surface area contributed by atoms with Crippen LogP contribution in [0.5, 0.6) is 5.88 Å². The van der Waals surface area contributed by atoms with Gasteiger partial charge in [0.25, 0.3) is 0 Å². The number of ether oxygens (including phenoxy) is 1. The summed E-state index contributed by atoms with van der Waals surface area (Å²) in [4.78, 5) is 10.7. The summed E-state index contributed by atoms with van der Waals surface area (Å²) in [6.07, 6.45) is 3.81. The first-order valence-electron chi connectivity index (χ1n) is 7.07. The molecule has 0 aliphatic heterocycles. The fourth-order valence-corrected chi connectivity index (χ4v) is 2.15. The summed E-state index contributed by atoms with van der Waals surface area (Å²) in [5.74, 6) is 1.51. The van der Waals surface area contributed by atoms with Crippen LogP contribution in [0.4, 0.5) is 5.82 Å². The van der Waals surface area contributed by atoms with Gasteiger partial charge in [-0.05, 0) is 26.7 Å². The summed E-state index contributed by atoms with van der Waals surface area (Å²) < 4.78 is 5.62. The van der Waals surface area contributed by atoms with Crippen LogP contribution in [0, 0.1) is 0 Å². The first-order valence-corrected chi connectivity index (χ1v) is 7.07. The summed E-state index contributed by atoms with van der Waals surface area (Å²) in [7, 11) is 0. The highest BCUT2D eigenvalue weighted by atomic mass is 16.5. The molecule has 1 rings (SSSR count). The van der Waals surface area contributed by atoms with Crippen molar-refractivity contribution < 1.29 is 4.74 Å². The van der Waals surface area contributed by atoms with E-state index in [1.807, 2.05) is 19.9 Å². The molecular weight excluding hydrogens is 240 g/mol. The van der Waals surface area contributed by atoms with Crippen molar-refractivity contribution in [2.45, 2.75) is 52.7 Å². The molecule has 19 heavy (non-hydrogen) atoms. The van der Waals surface area contributed by atoms with Crippen molar-refractivity contribution in [3.63, 3.8) is 0 Å². The van der Waals surface area contributed by atoms with E-state index < -0.39 is 0 Å². The molecule has 0 saturated heterocycles. The molecule has 5 nitrogen and oxygen atoms in total. The molecule has 0 spiro atoms. The molecule has 1 heterocycles. The van der Waals surface area contributed by atoms with Crippen molar-refractivity contribution in [2.24, 2.45) is 5.73 Å². The van der Waals surface area contributed by atoms with Crippen molar-refractivity contribution in [3.8, 4) is 5.88 Å².